The highest BCUT2D eigenvalue weighted by Crippen LogP contribution is 2.59. The Kier molecular flexibility index (Phi) is 4.35. The summed E-state index contributed by atoms with van der Waals surface area (Å²) in [6.07, 6.45) is 2.07. The van der Waals surface area contributed by atoms with Crippen LogP contribution in [0.3, 0.4) is 0 Å². The summed E-state index contributed by atoms with van der Waals surface area (Å²) in [5, 5.41) is 43.4. The summed E-state index contributed by atoms with van der Waals surface area (Å²) in [4.78, 5) is 13.4. The molecule has 2 aromatic carbocycles. The Labute approximate surface area is 190 Å². The van der Waals surface area contributed by atoms with Crippen LogP contribution in [-0.2, 0) is 16.8 Å². The molecular formula is C25H26O8. The van der Waals surface area contributed by atoms with Gasteiger partial charge in [0.2, 0.25) is 5.60 Å². The smallest absolute Gasteiger partial charge is 0.389 e. The highest BCUT2D eigenvalue weighted by molar-refractivity contribution is 5.86. The number of ether oxygens (including phenoxy) is 3. The molecule has 2 aromatic rings. The molecule has 0 saturated heterocycles. The molecule has 0 amide bonds. The van der Waals surface area contributed by atoms with Gasteiger partial charge in [0.1, 0.15) is 28.7 Å². The fourth-order valence-corrected chi connectivity index (χ4v) is 4.98. The van der Waals surface area contributed by atoms with Crippen molar-refractivity contribution in [3.05, 3.63) is 52.6 Å². The molecule has 8 nitrogen and oxygen atoms in total. The van der Waals surface area contributed by atoms with Crippen LogP contribution in [0.5, 0.6) is 28.7 Å². The molecule has 33 heavy (non-hydrogen) atoms. The predicted octanol–water partition coefficient (Wildman–Crippen LogP) is 3.14. The number of esters is 1. The highest BCUT2D eigenvalue weighted by Gasteiger charge is 2.69. The van der Waals surface area contributed by atoms with Crippen molar-refractivity contribution in [2.45, 2.75) is 63.4 Å². The second kappa shape index (κ2) is 6.65. The number of aromatic hydroxyl groups is 2. The van der Waals surface area contributed by atoms with Gasteiger partial charge in [-0.15, -0.1) is 0 Å². The second-order valence-electron chi connectivity index (χ2n) is 9.75. The maximum Gasteiger partial charge on any atom is 0.389 e. The van der Waals surface area contributed by atoms with E-state index < -0.39 is 28.9 Å². The number of rotatable bonds is 3. The monoisotopic (exact) mass is 454 g/mol. The van der Waals surface area contributed by atoms with E-state index in [9.17, 15) is 25.2 Å². The summed E-state index contributed by atoms with van der Waals surface area (Å²) in [6.45, 7) is 7.00. The highest BCUT2D eigenvalue weighted by atomic mass is 16.7. The first-order valence-corrected chi connectivity index (χ1v) is 10.8. The van der Waals surface area contributed by atoms with Crippen LogP contribution in [-0.4, -0.2) is 37.8 Å². The molecule has 0 radical (unpaired) electrons. The van der Waals surface area contributed by atoms with E-state index in [1.165, 1.54) is 24.3 Å². The number of hydrogen-bond donors (Lipinski definition) is 4. The minimum Gasteiger partial charge on any atom is -0.508 e. The number of phenolic OH excluding ortho intramolecular Hbond substituents is 2. The lowest BCUT2D eigenvalue weighted by molar-refractivity contribution is -0.239. The van der Waals surface area contributed by atoms with Gasteiger partial charge in [-0.05, 0) is 46.2 Å². The van der Waals surface area contributed by atoms with Crippen LogP contribution in [0, 0.1) is 0 Å². The Morgan fingerprint density at radius 2 is 1.88 bits per heavy atom. The van der Waals surface area contributed by atoms with Crippen molar-refractivity contribution in [3.63, 3.8) is 0 Å². The predicted molar refractivity (Wildman–Crippen MR) is 117 cm³/mol. The summed E-state index contributed by atoms with van der Waals surface area (Å²) in [5.74, 6) is -4.13. The lowest BCUT2D eigenvalue weighted by atomic mass is 9.82. The van der Waals surface area contributed by atoms with E-state index in [2.05, 4.69) is 0 Å². The Bertz CT molecular complexity index is 1220. The van der Waals surface area contributed by atoms with Gasteiger partial charge >= 0.3 is 11.8 Å². The van der Waals surface area contributed by atoms with Crippen molar-refractivity contribution < 1.29 is 39.4 Å². The fourth-order valence-electron chi connectivity index (χ4n) is 4.98. The number of carbonyl (C=O) groups excluding carboxylic acids is 1. The SMILES string of the molecule is CC(C)=CC[C@]12Oc3cc(c4c(O)c3[C@H](C(C)(C)O)C4)OC(=O)[C@@]1(O)Oc1cc(O)ccc12. The summed E-state index contributed by atoms with van der Waals surface area (Å²) in [5.41, 5.74) is -0.999. The molecule has 2 heterocycles. The van der Waals surface area contributed by atoms with Crippen molar-refractivity contribution in [1.82, 2.24) is 0 Å². The summed E-state index contributed by atoms with van der Waals surface area (Å²) < 4.78 is 17.8. The van der Waals surface area contributed by atoms with E-state index in [0.29, 0.717) is 16.7 Å². The van der Waals surface area contributed by atoms with Crippen molar-refractivity contribution in [2.75, 3.05) is 0 Å². The topological polar surface area (TPSA) is 126 Å². The third-order valence-corrected chi connectivity index (χ3v) is 6.74. The number of aliphatic hydroxyl groups is 2. The average Bonchev–Trinajstić information content (AvgIpc) is 3.09. The normalized spacial score (nSPS) is 26.8. The molecule has 8 heteroatoms. The van der Waals surface area contributed by atoms with E-state index in [4.69, 9.17) is 14.2 Å². The number of hydrogen-bond acceptors (Lipinski definition) is 8. The first kappa shape index (κ1) is 21.6. The van der Waals surface area contributed by atoms with Gasteiger partial charge in [-0.1, -0.05) is 11.6 Å². The minimum absolute atomic E-state index is 0.0309. The van der Waals surface area contributed by atoms with Crippen LogP contribution in [0.4, 0.5) is 0 Å². The Morgan fingerprint density at radius 1 is 1.15 bits per heavy atom. The van der Waals surface area contributed by atoms with Crippen molar-refractivity contribution >= 4 is 5.97 Å². The van der Waals surface area contributed by atoms with E-state index >= 15 is 0 Å². The molecule has 174 valence electrons. The average molecular weight is 454 g/mol. The molecule has 4 bridgehead atoms. The van der Waals surface area contributed by atoms with Gasteiger partial charge in [0.15, 0.2) is 0 Å². The van der Waals surface area contributed by atoms with E-state index in [1.54, 1.807) is 19.9 Å². The third-order valence-electron chi connectivity index (χ3n) is 6.74. The number of benzene rings is 2. The van der Waals surface area contributed by atoms with Crippen LogP contribution in [0.1, 0.15) is 56.7 Å². The van der Waals surface area contributed by atoms with Crippen molar-refractivity contribution in [1.29, 1.82) is 0 Å². The van der Waals surface area contributed by atoms with E-state index in [-0.39, 0.29) is 41.6 Å². The number of carbonyl (C=O) groups is 1. The number of phenols is 2. The molecule has 3 atom stereocenters. The number of allylic oxidation sites excluding steroid dienone is 1. The molecule has 2 aliphatic heterocycles. The number of fused-ring (bicyclic) bond motifs is 9. The molecule has 0 fully saturated rings. The van der Waals surface area contributed by atoms with Crippen LogP contribution in [0.2, 0.25) is 0 Å². The zero-order valence-corrected chi connectivity index (χ0v) is 18.8. The van der Waals surface area contributed by atoms with Gasteiger partial charge < -0.3 is 34.6 Å². The maximum absolute atomic E-state index is 13.4. The quantitative estimate of drug-likeness (QED) is 0.317. The van der Waals surface area contributed by atoms with Crippen molar-refractivity contribution in [2.24, 2.45) is 0 Å². The lowest BCUT2D eigenvalue weighted by Gasteiger charge is -2.40. The van der Waals surface area contributed by atoms with Gasteiger partial charge in [0.25, 0.3) is 0 Å². The molecule has 0 saturated carbocycles. The maximum atomic E-state index is 13.4. The third kappa shape index (κ3) is 2.87. The largest absolute Gasteiger partial charge is 0.508 e. The van der Waals surface area contributed by atoms with Gasteiger partial charge in [0, 0.05) is 41.2 Å². The summed E-state index contributed by atoms with van der Waals surface area (Å²) >= 11 is 0. The summed E-state index contributed by atoms with van der Waals surface area (Å²) in [7, 11) is 0. The van der Waals surface area contributed by atoms with Gasteiger partial charge in [-0.25, -0.2) is 4.79 Å². The van der Waals surface area contributed by atoms with Gasteiger partial charge in [-0.2, -0.15) is 0 Å². The molecular weight excluding hydrogens is 428 g/mol. The second-order valence-corrected chi connectivity index (χ2v) is 9.75. The van der Waals surface area contributed by atoms with Crippen LogP contribution < -0.4 is 14.2 Å². The van der Waals surface area contributed by atoms with E-state index in [1.807, 2.05) is 13.8 Å². The van der Waals surface area contributed by atoms with Crippen LogP contribution >= 0.6 is 0 Å². The zero-order chi connectivity index (χ0) is 23.9. The minimum atomic E-state index is -2.57. The first-order chi connectivity index (χ1) is 15.4. The van der Waals surface area contributed by atoms with E-state index in [0.717, 1.165) is 5.57 Å². The Hall–Kier alpha value is -3.23. The molecule has 5 rings (SSSR count). The van der Waals surface area contributed by atoms with Crippen LogP contribution in [0.25, 0.3) is 0 Å². The molecule has 0 unspecified atom stereocenters. The Morgan fingerprint density at radius 3 is 2.55 bits per heavy atom. The first-order valence-electron chi connectivity index (χ1n) is 10.8. The zero-order valence-electron chi connectivity index (χ0n) is 18.8. The molecule has 1 aliphatic carbocycles. The van der Waals surface area contributed by atoms with Gasteiger partial charge in [-0.3, -0.25) is 0 Å². The Balaban J connectivity index is 1.79. The van der Waals surface area contributed by atoms with Crippen molar-refractivity contribution in [3.8, 4) is 28.7 Å². The molecule has 0 spiro atoms. The van der Waals surface area contributed by atoms with Gasteiger partial charge in [0.05, 0.1) is 5.60 Å². The summed E-state index contributed by atoms with van der Waals surface area (Å²) in [6, 6.07) is 5.74. The molecule has 4 N–H and O–H groups in total. The molecule has 3 aliphatic rings. The fraction of sp³-hybridized carbons (Fsp3) is 0.400. The standard InChI is InChI=1S/C25H26O8/c1-12(2)7-8-24-15-6-5-13(26)9-18(15)33-25(24,30)22(28)31-17-11-19(32-24)20-16(23(3,4)29)10-14(17)21(20)27/h5-7,9,11,16,26-27,29-30H,8,10H2,1-4H3/t16-,24-,25-/m1/s1. The van der Waals surface area contributed by atoms with Crippen LogP contribution in [0.15, 0.2) is 35.9 Å². The molecule has 0 aromatic heterocycles. The lowest BCUT2D eigenvalue weighted by Crippen LogP contribution is -2.62.